The average Bonchev–Trinajstić information content (AvgIpc) is 2.77. The quantitative estimate of drug-likeness (QED) is 0.857. The summed E-state index contributed by atoms with van der Waals surface area (Å²) < 4.78 is 1.49. The lowest BCUT2D eigenvalue weighted by Gasteiger charge is -2.08. The van der Waals surface area contributed by atoms with E-state index in [1.807, 2.05) is 13.0 Å². The van der Waals surface area contributed by atoms with Gasteiger partial charge in [0.1, 0.15) is 0 Å². The summed E-state index contributed by atoms with van der Waals surface area (Å²) in [5, 5.41) is 20.2. The Balaban J connectivity index is 2.30. The fourth-order valence-electron chi connectivity index (χ4n) is 1.56. The number of carboxylic acids is 1. The van der Waals surface area contributed by atoms with Crippen molar-refractivity contribution in [2.24, 2.45) is 5.92 Å². The van der Waals surface area contributed by atoms with E-state index < -0.39 is 11.9 Å². The fourth-order valence-corrected chi connectivity index (χ4v) is 1.56. The molecule has 0 bridgehead atoms. The zero-order valence-electron chi connectivity index (χ0n) is 10.1. The van der Waals surface area contributed by atoms with E-state index in [2.05, 4.69) is 20.5 Å². The summed E-state index contributed by atoms with van der Waals surface area (Å²) in [6.45, 7) is 3.72. The standard InChI is InChI=1S/C11H13N5O2/c1-7(11(17)18)6-16-10(13-14-15-16)9-3-4-12-8(2)5-9/h3-5,7H,6H2,1-2H3,(H,17,18). The first-order chi connectivity index (χ1) is 8.58. The van der Waals surface area contributed by atoms with Crippen LogP contribution in [0.25, 0.3) is 11.4 Å². The Labute approximate surface area is 103 Å². The molecule has 1 atom stereocenters. The third kappa shape index (κ3) is 2.50. The molecule has 2 aromatic rings. The molecule has 0 saturated carbocycles. The van der Waals surface area contributed by atoms with Gasteiger partial charge in [-0.3, -0.25) is 9.78 Å². The molecule has 0 radical (unpaired) electrons. The van der Waals surface area contributed by atoms with Gasteiger partial charge in [0.25, 0.3) is 0 Å². The predicted molar refractivity (Wildman–Crippen MR) is 62.6 cm³/mol. The van der Waals surface area contributed by atoms with Gasteiger partial charge in [0.2, 0.25) is 0 Å². The van der Waals surface area contributed by atoms with Gasteiger partial charge in [-0.1, -0.05) is 6.92 Å². The number of hydrogen-bond donors (Lipinski definition) is 1. The van der Waals surface area contributed by atoms with Crippen molar-refractivity contribution >= 4 is 5.97 Å². The highest BCUT2D eigenvalue weighted by Crippen LogP contribution is 2.16. The van der Waals surface area contributed by atoms with Crippen LogP contribution in [0.2, 0.25) is 0 Å². The number of aromatic nitrogens is 5. The molecule has 7 nitrogen and oxygen atoms in total. The fraction of sp³-hybridized carbons (Fsp3) is 0.364. The Hall–Kier alpha value is -2.31. The zero-order valence-corrected chi connectivity index (χ0v) is 10.1. The van der Waals surface area contributed by atoms with Crippen molar-refractivity contribution < 1.29 is 9.90 Å². The molecule has 1 N–H and O–H groups in total. The molecular formula is C11H13N5O2. The molecule has 0 amide bonds. The van der Waals surface area contributed by atoms with Crippen LogP contribution in [-0.4, -0.2) is 36.3 Å². The van der Waals surface area contributed by atoms with Crippen molar-refractivity contribution in [2.75, 3.05) is 0 Å². The second kappa shape index (κ2) is 4.91. The molecule has 7 heteroatoms. The zero-order chi connectivity index (χ0) is 13.1. The SMILES string of the molecule is Cc1cc(-c2nnnn2CC(C)C(=O)O)ccn1. The number of nitrogens with zero attached hydrogens (tertiary/aromatic N) is 5. The Morgan fingerprint density at radius 3 is 3.00 bits per heavy atom. The Kier molecular flexibility index (Phi) is 3.31. The van der Waals surface area contributed by atoms with Crippen LogP contribution >= 0.6 is 0 Å². The maximum absolute atomic E-state index is 10.8. The Morgan fingerprint density at radius 2 is 2.33 bits per heavy atom. The summed E-state index contributed by atoms with van der Waals surface area (Å²) >= 11 is 0. The monoisotopic (exact) mass is 247 g/mol. The minimum absolute atomic E-state index is 0.235. The van der Waals surface area contributed by atoms with E-state index in [1.54, 1.807) is 19.2 Å². The topological polar surface area (TPSA) is 93.8 Å². The highest BCUT2D eigenvalue weighted by molar-refractivity contribution is 5.69. The summed E-state index contributed by atoms with van der Waals surface area (Å²) in [5.41, 5.74) is 1.68. The molecule has 0 aliphatic rings. The molecule has 0 saturated heterocycles. The van der Waals surface area contributed by atoms with E-state index in [0.717, 1.165) is 11.3 Å². The first-order valence-electron chi connectivity index (χ1n) is 5.50. The van der Waals surface area contributed by atoms with Crippen LogP contribution in [-0.2, 0) is 11.3 Å². The van der Waals surface area contributed by atoms with Gasteiger partial charge in [-0.2, -0.15) is 0 Å². The van der Waals surface area contributed by atoms with Crippen molar-refractivity contribution in [1.29, 1.82) is 0 Å². The van der Waals surface area contributed by atoms with Gasteiger partial charge >= 0.3 is 5.97 Å². The Bertz CT molecular complexity index is 566. The van der Waals surface area contributed by atoms with Crippen molar-refractivity contribution in [1.82, 2.24) is 25.2 Å². The van der Waals surface area contributed by atoms with Gasteiger partial charge < -0.3 is 5.11 Å². The van der Waals surface area contributed by atoms with E-state index in [9.17, 15) is 4.79 Å². The van der Waals surface area contributed by atoms with Gasteiger partial charge in [-0.25, -0.2) is 4.68 Å². The van der Waals surface area contributed by atoms with Gasteiger partial charge in [-0.15, -0.1) is 5.10 Å². The normalized spacial score (nSPS) is 12.3. The average molecular weight is 247 g/mol. The molecular weight excluding hydrogens is 234 g/mol. The van der Waals surface area contributed by atoms with Gasteiger partial charge in [0.05, 0.1) is 12.5 Å². The van der Waals surface area contributed by atoms with E-state index in [1.165, 1.54) is 4.68 Å². The van der Waals surface area contributed by atoms with Crippen molar-refractivity contribution in [3.8, 4) is 11.4 Å². The molecule has 18 heavy (non-hydrogen) atoms. The second-order valence-corrected chi connectivity index (χ2v) is 4.11. The predicted octanol–water partition coefficient (Wildman–Crippen LogP) is 0.764. The van der Waals surface area contributed by atoms with Gasteiger partial charge in [-0.05, 0) is 29.5 Å². The number of aryl methyl sites for hydroxylation is 1. The third-order valence-corrected chi connectivity index (χ3v) is 2.56. The minimum Gasteiger partial charge on any atom is -0.481 e. The summed E-state index contributed by atoms with van der Waals surface area (Å²) in [6.07, 6.45) is 1.67. The molecule has 94 valence electrons. The van der Waals surface area contributed by atoms with Crippen LogP contribution in [0.3, 0.4) is 0 Å². The summed E-state index contributed by atoms with van der Waals surface area (Å²) in [6, 6.07) is 3.65. The lowest BCUT2D eigenvalue weighted by Crippen LogP contribution is -2.18. The lowest BCUT2D eigenvalue weighted by atomic mass is 10.2. The third-order valence-electron chi connectivity index (χ3n) is 2.56. The van der Waals surface area contributed by atoms with Crippen LogP contribution in [0, 0.1) is 12.8 Å². The highest BCUT2D eigenvalue weighted by Gasteiger charge is 2.16. The van der Waals surface area contributed by atoms with E-state index in [-0.39, 0.29) is 6.54 Å². The summed E-state index contributed by atoms with van der Waals surface area (Å²) in [7, 11) is 0. The molecule has 0 aliphatic heterocycles. The highest BCUT2D eigenvalue weighted by atomic mass is 16.4. The van der Waals surface area contributed by atoms with E-state index in [4.69, 9.17) is 5.11 Å². The van der Waals surface area contributed by atoms with E-state index >= 15 is 0 Å². The number of pyridine rings is 1. The Morgan fingerprint density at radius 1 is 1.56 bits per heavy atom. The molecule has 0 aromatic carbocycles. The van der Waals surface area contributed by atoms with Gasteiger partial charge in [0.15, 0.2) is 5.82 Å². The number of tetrazole rings is 1. The molecule has 2 rings (SSSR count). The van der Waals surface area contributed by atoms with Crippen LogP contribution in [0.15, 0.2) is 18.3 Å². The van der Waals surface area contributed by atoms with Crippen molar-refractivity contribution in [3.63, 3.8) is 0 Å². The van der Waals surface area contributed by atoms with Crippen LogP contribution < -0.4 is 0 Å². The van der Waals surface area contributed by atoms with Crippen molar-refractivity contribution in [3.05, 3.63) is 24.0 Å². The number of aliphatic carboxylic acids is 1. The van der Waals surface area contributed by atoms with Crippen LogP contribution in [0.1, 0.15) is 12.6 Å². The number of carboxylic acid groups (broad SMARTS) is 1. The molecule has 0 aliphatic carbocycles. The smallest absolute Gasteiger partial charge is 0.308 e. The maximum atomic E-state index is 10.8. The first-order valence-corrected chi connectivity index (χ1v) is 5.50. The largest absolute Gasteiger partial charge is 0.481 e. The van der Waals surface area contributed by atoms with Crippen LogP contribution in [0.5, 0.6) is 0 Å². The molecule has 2 heterocycles. The minimum atomic E-state index is -0.873. The first kappa shape index (κ1) is 12.2. The lowest BCUT2D eigenvalue weighted by molar-refractivity contribution is -0.141. The maximum Gasteiger partial charge on any atom is 0.308 e. The van der Waals surface area contributed by atoms with Crippen LogP contribution in [0.4, 0.5) is 0 Å². The molecule has 2 aromatic heterocycles. The molecule has 0 fully saturated rings. The summed E-state index contributed by atoms with van der Waals surface area (Å²) in [5.74, 6) is -0.869. The molecule has 1 unspecified atom stereocenters. The molecule has 0 spiro atoms. The van der Waals surface area contributed by atoms with E-state index in [0.29, 0.717) is 5.82 Å². The second-order valence-electron chi connectivity index (χ2n) is 4.11. The van der Waals surface area contributed by atoms with Crippen molar-refractivity contribution in [2.45, 2.75) is 20.4 Å². The number of hydrogen-bond acceptors (Lipinski definition) is 5. The summed E-state index contributed by atoms with van der Waals surface area (Å²) in [4.78, 5) is 14.9. The number of rotatable bonds is 4. The van der Waals surface area contributed by atoms with Gasteiger partial charge in [0, 0.05) is 17.5 Å². The number of carbonyl (C=O) groups is 1.